The summed E-state index contributed by atoms with van der Waals surface area (Å²) in [6.07, 6.45) is 0. The Balaban J connectivity index is 1.72. The van der Waals surface area contributed by atoms with Crippen LogP contribution >= 0.6 is 0 Å². The van der Waals surface area contributed by atoms with Gasteiger partial charge in [0.25, 0.3) is 0 Å². The number of amides is 1. The molecule has 0 unspecified atom stereocenters. The highest BCUT2D eigenvalue weighted by Gasteiger charge is 2.22. The molecule has 0 radical (unpaired) electrons. The maximum atomic E-state index is 12.3. The lowest BCUT2D eigenvalue weighted by atomic mass is 10.1. The molecule has 0 N–H and O–H groups in total. The van der Waals surface area contributed by atoms with Gasteiger partial charge in [0.05, 0.1) is 12.1 Å². The average Bonchev–Trinajstić information content (AvgIpc) is 2.68. The lowest BCUT2D eigenvalue weighted by molar-refractivity contribution is -0.132. The predicted molar refractivity (Wildman–Crippen MR) is 103 cm³/mol. The molecule has 2 aromatic rings. The third-order valence-corrected chi connectivity index (χ3v) is 5.00. The Bertz CT molecular complexity index is 817. The van der Waals surface area contributed by atoms with Crippen LogP contribution in [-0.4, -0.2) is 66.5 Å². The van der Waals surface area contributed by atoms with Gasteiger partial charge >= 0.3 is 0 Å². The minimum absolute atomic E-state index is 0.199. The molecule has 6 nitrogen and oxygen atoms in total. The topological polar surface area (TPSA) is 63.5 Å². The second-order valence-corrected chi connectivity index (χ2v) is 6.48. The zero-order valence-electron chi connectivity index (χ0n) is 15.5. The Morgan fingerprint density at radius 3 is 2.54 bits per heavy atom. The number of piperazine rings is 1. The van der Waals surface area contributed by atoms with Gasteiger partial charge in [-0.2, -0.15) is 5.26 Å². The first kappa shape index (κ1) is 18.2. The molecule has 1 aliphatic heterocycles. The van der Waals surface area contributed by atoms with Crippen molar-refractivity contribution in [3.8, 4) is 6.07 Å². The molecule has 2 heterocycles. The summed E-state index contributed by atoms with van der Waals surface area (Å²) in [6.45, 7) is 9.38. The third-order valence-electron chi connectivity index (χ3n) is 5.00. The lowest BCUT2D eigenvalue weighted by Crippen LogP contribution is -2.50. The molecule has 0 aliphatic carbocycles. The number of hydrogen-bond donors (Lipinski definition) is 0. The van der Waals surface area contributed by atoms with Gasteiger partial charge in [0.2, 0.25) is 5.91 Å². The molecule has 26 heavy (non-hydrogen) atoms. The largest absolute Gasteiger partial charge is 0.368 e. The molecule has 6 heteroatoms. The minimum Gasteiger partial charge on any atom is -0.368 e. The predicted octanol–water partition coefficient (Wildman–Crippen LogP) is 2.10. The second-order valence-electron chi connectivity index (χ2n) is 6.48. The summed E-state index contributed by atoms with van der Waals surface area (Å²) in [5.41, 5.74) is 2.35. The van der Waals surface area contributed by atoms with Crippen LogP contribution in [0.1, 0.15) is 19.5 Å². The lowest BCUT2D eigenvalue weighted by Gasteiger charge is -2.37. The van der Waals surface area contributed by atoms with Crippen LogP contribution in [-0.2, 0) is 4.79 Å². The number of para-hydroxylation sites is 1. The summed E-state index contributed by atoms with van der Waals surface area (Å²) >= 11 is 0. The highest BCUT2D eigenvalue weighted by molar-refractivity contribution is 5.92. The smallest absolute Gasteiger partial charge is 0.236 e. The van der Waals surface area contributed by atoms with Crippen molar-refractivity contribution in [3.05, 3.63) is 36.0 Å². The molecule has 136 valence electrons. The van der Waals surface area contributed by atoms with Gasteiger partial charge in [-0.25, -0.2) is 4.98 Å². The van der Waals surface area contributed by atoms with Crippen molar-refractivity contribution in [2.75, 3.05) is 50.7 Å². The van der Waals surface area contributed by atoms with Crippen LogP contribution in [0.25, 0.3) is 10.9 Å². The van der Waals surface area contributed by atoms with E-state index < -0.39 is 0 Å². The molecule has 0 spiro atoms. The number of aromatic nitrogens is 1. The minimum atomic E-state index is 0.199. The van der Waals surface area contributed by atoms with Crippen molar-refractivity contribution in [1.82, 2.24) is 14.8 Å². The Kier molecular flexibility index (Phi) is 5.69. The maximum absolute atomic E-state index is 12.3. The highest BCUT2D eigenvalue weighted by Crippen LogP contribution is 2.27. The summed E-state index contributed by atoms with van der Waals surface area (Å²) in [5, 5.41) is 10.3. The zero-order valence-corrected chi connectivity index (χ0v) is 15.5. The Labute approximate surface area is 154 Å². The zero-order chi connectivity index (χ0) is 18.5. The van der Waals surface area contributed by atoms with E-state index >= 15 is 0 Å². The van der Waals surface area contributed by atoms with E-state index in [4.69, 9.17) is 0 Å². The van der Waals surface area contributed by atoms with E-state index in [2.05, 4.69) is 26.9 Å². The van der Waals surface area contributed by atoms with Gasteiger partial charge in [-0.15, -0.1) is 0 Å². The molecule has 0 atom stereocenters. The van der Waals surface area contributed by atoms with Crippen LogP contribution in [0.3, 0.4) is 0 Å². The van der Waals surface area contributed by atoms with E-state index in [1.54, 1.807) is 0 Å². The van der Waals surface area contributed by atoms with Gasteiger partial charge in [-0.3, -0.25) is 9.69 Å². The van der Waals surface area contributed by atoms with E-state index in [1.807, 2.05) is 43.0 Å². The second kappa shape index (κ2) is 8.15. The molecule has 0 bridgehead atoms. The third kappa shape index (κ3) is 3.78. The van der Waals surface area contributed by atoms with Crippen LogP contribution in [0.4, 0.5) is 5.69 Å². The van der Waals surface area contributed by atoms with Crippen molar-refractivity contribution in [1.29, 1.82) is 5.26 Å². The molecule has 1 amide bonds. The SMILES string of the molecule is CCN(CC)C(=O)CN1CCN(c2cc(C#N)nc3ccccc23)CC1. The van der Waals surface area contributed by atoms with Crippen LogP contribution in [0, 0.1) is 11.3 Å². The molecular weight excluding hydrogens is 326 g/mol. The number of nitrogens with zero attached hydrogens (tertiary/aromatic N) is 5. The Morgan fingerprint density at radius 1 is 1.19 bits per heavy atom. The van der Waals surface area contributed by atoms with Gasteiger partial charge in [0.15, 0.2) is 0 Å². The number of carbonyl (C=O) groups is 1. The van der Waals surface area contributed by atoms with Gasteiger partial charge in [-0.05, 0) is 26.0 Å². The van der Waals surface area contributed by atoms with E-state index in [9.17, 15) is 10.1 Å². The molecule has 0 saturated carbocycles. The van der Waals surface area contributed by atoms with Gasteiger partial charge in [0.1, 0.15) is 11.8 Å². The first-order valence-electron chi connectivity index (χ1n) is 9.21. The van der Waals surface area contributed by atoms with Crippen molar-refractivity contribution in [2.45, 2.75) is 13.8 Å². The number of nitriles is 1. The fourth-order valence-corrected chi connectivity index (χ4v) is 3.49. The number of pyridine rings is 1. The van der Waals surface area contributed by atoms with E-state index in [-0.39, 0.29) is 5.91 Å². The van der Waals surface area contributed by atoms with Crippen LogP contribution < -0.4 is 4.90 Å². The first-order chi connectivity index (χ1) is 12.7. The van der Waals surface area contributed by atoms with E-state index in [0.29, 0.717) is 12.2 Å². The number of benzene rings is 1. The van der Waals surface area contributed by atoms with Crippen LogP contribution in [0.15, 0.2) is 30.3 Å². The van der Waals surface area contributed by atoms with Crippen molar-refractivity contribution in [3.63, 3.8) is 0 Å². The summed E-state index contributed by atoms with van der Waals surface area (Å²) in [7, 11) is 0. The first-order valence-corrected chi connectivity index (χ1v) is 9.21. The van der Waals surface area contributed by atoms with Crippen molar-refractivity contribution in [2.24, 2.45) is 0 Å². The highest BCUT2D eigenvalue weighted by atomic mass is 16.2. The van der Waals surface area contributed by atoms with Crippen molar-refractivity contribution < 1.29 is 4.79 Å². The Hall–Kier alpha value is -2.65. The molecule has 1 aliphatic rings. The van der Waals surface area contributed by atoms with Gasteiger partial charge in [0, 0.05) is 50.3 Å². The molecule has 3 rings (SSSR count). The van der Waals surface area contributed by atoms with Crippen LogP contribution in [0.5, 0.6) is 0 Å². The number of fused-ring (bicyclic) bond motifs is 1. The molecule has 1 aromatic carbocycles. The number of hydrogen-bond acceptors (Lipinski definition) is 5. The number of rotatable bonds is 5. The standard InChI is InChI=1S/C20H25N5O/c1-3-24(4-2)20(26)15-23-9-11-25(12-10-23)19-13-16(14-21)22-18-8-6-5-7-17(18)19/h5-8,13H,3-4,9-12,15H2,1-2H3. The van der Waals surface area contributed by atoms with E-state index in [1.165, 1.54) is 0 Å². The van der Waals surface area contributed by atoms with Gasteiger partial charge < -0.3 is 9.80 Å². The van der Waals surface area contributed by atoms with E-state index in [0.717, 1.165) is 55.9 Å². The van der Waals surface area contributed by atoms with Crippen LogP contribution in [0.2, 0.25) is 0 Å². The fraction of sp³-hybridized carbons (Fsp3) is 0.450. The van der Waals surface area contributed by atoms with Crippen molar-refractivity contribution >= 4 is 22.5 Å². The monoisotopic (exact) mass is 351 g/mol. The Morgan fingerprint density at radius 2 is 1.88 bits per heavy atom. The maximum Gasteiger partial charge on any atom is 0.236 e. The number of carbonyl (C=O) groups excluding carboxylic acids is 1. The fourth-order valence-electron chi connectivity index (χ4n) is 3.49. The summed E-state index contributed by atoms with van der Waals surface area (Å²) in [6, 6.07) is 12.0. The molecule has 1 aromatic heterocycles. The average molecular weight is 351 g/mol. The molecule has 1 saturated heterocycles. The summed E-state index contributed by atoms with van der Waals surface area (Å²) in [4.78, 5) is 23.1. The molecular formula is C20H25N5O. The molecule has 1 fully saturated rings. The number of likely N-dealkylation sites (N-methyl/N-ethyl adjacent to an activating group) is 1. The normalized spacial score (nSPS) is 15.0. The quantitative estimate of drug-likeness (QED) is 0.825. The summed E-state index contributed by atoms with van der Waals surface area (Å²) in [5.74, 6) is 0.199. The summed E-state index contributed by atoms with van der Waals surface area (Å²) < 4.78 is 0. The van der Waals surface area contributed by atoms with Gasteiger partial charge in [-0.1, -0.05) is 18.2 Å². The number of anilines is 1.